The van der Waals surface area contributed by atoms with Crippen molar-refractivity contribution in [3.8, 4) is 0 Å². The topological polar surface area (TPSA) is 35.6 Å². The van der Waals surface area contributed by atoms with Crippen LogP contribution < -0.4 is 0 Å². The number of halogens is 2. The van der Waals surface area contributed by atoms with Gasteiger partial charge in [-0.1, -0.05) is 31.9 Å². The Hall–Kier alpha value is -1.66. The fraction of sp³-hybridized carbons (Fsp3) is 0.222. The van der Waals surface area contributed by atoms with Gasteiger partial charge < -0.3 is 0 Å². The molecule has 0 N–H and O–H groups in total. The van der Waals surface area contributed by atoms with Gasteiger partial charge in [-0.05, 0) is 50.2 Å². The van der Waals surface area contributed by atoms with E-state index in [4.69, 9.17) is 0 Å². The van der Waals surface area contributed by atoms with Crippen molar-refractivity contribution in [2.75, 3.05) is 0 Å². The summed E-state index contributed by atoms with van der Waals surface area (Å²) in [5.74, 6) is 0. The SMILES string of the molecule is Cc1c2ccc(Br)cc2nn1C.Cc1nn(C)c2cc(Br)ccc12. The fourth-order valence-corrected chi connectivity index (χ4v) is 3.41. The Bertz CT molecular complexity index is 1020. The van der Waals surface area contributed by atoms with E-state index in [9.17, 15) is 0 Å². The molecule has 0 aliphatic rings. The maximum absolute atomic E-state index is 4.36. The molecule has 4 nitrogen and oxygen atoms in total. The lowest BCUT2D eigenvalue weighted by Crippen LogP contribution is -1.91. The molecule has 2 aromatic carbocycles. The third-order valence-corrected chi connectivity index (χ3v) is 5.08. The van der Waals surface area contributed by atoms with Gasteiger partial charge in [0.25, 0.3) is 0 Å². The van der Waals surface area contributed by atoms with Crippen molar-refractivity contribution in [2.24, 2.45) is 14.1 Å². The zero-order chi connectivity index (χ0) is 17.4. The largest absolute Gasteiger partial charge is 0.272 e. The van der Waals surface area contributed by atoms with E-state index in [0.29, 0.717) is 0 Å². The van der Waals surface area contributed by atoms with Crippen molar-refractivity contribution in [1.82, 2.24) is 19.6 Å². The van der Waals surface area contributed by atoms with Crippen LogP contribution in [-0.4, -0.2) is 19.6 Å². The minimum atomic E-state index is 1.05. The molecule has 4 rings (SSSR count). The Balaban J connectivity index is 0.000000141. The minimum Gasteiger partial charge on any atom is -0.272 e. The first-order chi connectivity index (χ1) is 11.4. The Morgan fingerprint density at radius 2 is 1.42 bits per heavy atom. The molecule has 0 atom stereocenters. The van der Waals surface area contributed by atoms with E-state index in [1.807, 2.05) is 48.6 Å². The van der Waals surface area contributed by atoms with Crippen LogP contribution in [0.25, 0.3) is 21.8 Å². The summed E-state index contributed by atoms with van der Waals surface area (Å²) in [5.41, 5.74) is 4.50. The lowest BCUT2D eigenvalue weighted by atomic mass is 10.2. The first-order valence-corrected chi connectivity index (χ1v) is 9.13. The molecule has 0 fully saturated rings. The third-order valence-electron chi connectivity index (χ3n) is 4.09. The number of fused-ring (bicyclic) bond motifs is 2. The highest BCUT2D eigenvalue weighted by Gasteiger charge is 2.04. The molecular formula is C18H18Br2N4. The van der Waals surface area contributed by atoms with Gasteiger partial charge in [0.15, 0.2) is 0 Å². The molecule has 124 valence electrons. The number of hydrogen-bond acceptors (Lipinski definition) is 2. The van der Waals surface area contributed by atoms with Gasteiger partial charge in [-0.25, -0.2) is 0 Å². The average Bonchev–Trinajstić information content (AvgIpc) is 2.96. The van der Waals surface area contributed by atoms with E-state index >= 15 is 0 Å². The number of nitrogens with zero attached hydrogens (tertiary/aromatic N) is 4. The Labute approximate surface area is 157 Å². The summed E-state index contributed by atoms with van der Waals surface area (Å²) in [6.07, 6.45) is 0. The van der Waals surface area contributed by atoms with Gasteiger partial charge >= 0.3 is 0 Å². The van der Waals surface area contributed by atoms with Crippen LogP contribution in [-0.2, 0) is 14.1 Å². The van der Waals surface area contributed by atoms with E-state index in [1.54, 1.807) is 0 Å². The molecule has 0 bridgehead atoms. The Morgan fingerprint density at radius 3 is 2.12 bits per heavy atom. The summed E-state index contributed by atoms with van der Waals surface area (Å²) in [6.45, 7) is 4.10. The zero-order valence-electron chi connectivity index (χ0n) is 14.0. The molecule has 0 aliphatic heterocycles. The average molecular weight is 450 g/mol. The monoisotopic (exact) mass is 448 g/mol. The van der Waals surface area contributed by atoms with E-state index in [2.05, 4.69) is 67.2 Å². The molecule has 0 unspecified atom stereocenters. The van der Waals surface area contributed by atoms with Crippen molar-refractivity contribution in [3.63, 3.8) is 0 Å². The number of hydrogen-bond donors (Lipinski definition) is 0. The lowest BCUT2D eigenvalue weighted by molar-refractivity contribution is 0.751. The van der Waals surface area contributed by atoms with Crippen molar-refractivity contribution < 1.29 is 0 Å². The molecule has 2 aromatic heterocycles. The fourth-order valence-electron chi connectivity index (χ4n) is 2.72. The van der Waals surface area contributed by atoms with Crippen molar-refractivity contribution in [3.05, 3.63) is 56.7 Å². The van der Waals surface area contributed by atoms with E-state index < -0.39 is 0 Å². The molecular weight excluding hydrogens is 432 g/mol. The molecule has 24 heavy (non-hydrogen) atoms. The van der Waals surface area contributed by atoms with Crippen molar-refractivity contribution in [1.29, 1.82) is 0 Å². The Morgan fingerprint density at radius 1 is 0.792 bits per heavy atom. The quantitative estimate of drug-likeness (QED) is 0.365. The lowest BCUT2D eigenvalue weighted by Gasteiger charge is -1.93. The third kappa shape index (κ3) is 3.26. The second-order valence-corrected chi connectivity index (χ2v) is 7.57. The van der Waals surface area contributed by atoms with Crippen molar-refractivity contribution >= 4 is 53.7 Å². The van der Waals surface area contributed by atoms with Gasteiger partial charge in [0, 0.05) is 39.5 Å². The van der Waals surface area contributed by atoms with Crippen LogP contribution >= 0.6 is 31.9 Å². The maximum Gasteiger partial charge on any atom is 0.0937 e. The van der Waals surface area contributed by atoms with E-state index in [1.165, 1.54) is 22.0 Å². The summed E-state index contributed by atoms with van der Waals surface area (Å²) in [6, 6.07) is 12.4. The number of aryl methyl sites for hydroxylation is 4. The van der Waals surface area contributed by atoms with Crippen LogP contribution in [0, 0.1) is 13.8 Å². The van der Waals surface area contributed by atoms with Gasteiger partial charge in [0.2, 0.25) is 0 Å². The van der Waals surface area contributed by atoms with Crippen LogP contribution in [0.5, 0.6) is 0 Å². The molecule has 6 heteroatoms. The predicted octanol–water partition coefficient (Wildman–Crippen LogP) is 5.29. The smallest absolute Gasteiger partial charge is 0.0937 e. The van der Waals surface area contributed by atoms with Crippen LogP contribution in [0.2, 0.25) is 0 Å². The summed E-state index contributed by atoms with van der Waals surface area (Å²) >= 11 is 6.85. The van der Waals surface area contributed by atoms with Gasteiger partial charge in [-0.15, -0.1) is 0 Å². The number of aromatic nitrogens is 4. The predicted molar refractivity (Wildman–Crippen MR) is 106 cm³/mol. The second kappa shape index (κ2) is 6.69. The molecule has 0 radical (unpaired) electrons. The summed E-state index contributed by atoms with van der Waals surface area (Å²) in [7, 11) is 3.92. The van der Waals surface area contributed by atoms with E-state index in [-0.39, 0.29) is 0 Å². The van der Waals surface area contributed by atoms with Gasteiger partial charge in [-0.2, -0.15) is 10.2 Å². The molecule has 0 saturated carbocycles. The molecule has 0 spiro atoms. The second-order valence-electron chi connectivity index (χ2n) is 5.74. The maximum atomic E-state index is 4.36. The zero-order valence-corrected chi connectivity index (χ0v) is 17.2. The summed E-state index contributed by atoms with van der Waals surface area (Å²) in [4.78, 5) is 0. The molecule has 4 aromatic rings. The first kappa shape index (κ1) is 17.2. The van der Waals surface area contributed by atoms with E-state index in [0.717, 1.165) is 20.2 Å². The van der Waals surface area contributed by atoms with Crippen LogP contribution in [0.15, 0.2) is 45.3 Å². The minimum absolute atomic E-state index is 1.05. The van der Waals surface area contributed by atoms with Crippen molar-refractivity contribution in [2.45, 2.75) is 13.8 Å². The molecule has 0 aliphatic carbocycles. The number of benzene rings is 2. The van der Waals surface area contributed by atoms with Gasteiger partial charge in [-0.3, -0.25) is 9.36 Å². The Kier molecular flexibility index (Phi) is 4.78. The standard InChI is InChI=1S/2C9H9BrN2/c1-6-8-4-3-7(10)5-9(8)11-12(6)2;1-6-8-4-3-7(10)5-9(8)12(2)11-6/h2*3-5H,1-2H3. The highest BCUT2D eigenvalue weighted by Crippen LogP contribution is 2.22. The van der Waals surface area contributed by atoms with Crippen LogP contribution in [0.3, 0.4) is 0 Å². The first-order valence-electron chi connectivity index (χ1n) is 7.54. The van der Waals surface area contributed by atoms with Gasteiger partial charge in [0.1, 0.15) is 0 Å². The van der Waals surface area contributed by atoms with Gasteiger partial charge in [0.05, 0.1) is 16.7 Å². The van der Waals surface area contributed by atoms with Crippen LogP contribution in [0.1, 0.15) is 11.4 Å². The highest BCUT2D eigenvalue weighted by molar-refractivity contribution is 9.10. The highest BCUT2D eigenvalue weighted by atomic mass is 79.9. The summed E-state index contributed by atoms with van der Waals surface area (Å²) in [5, 5.41) is 11.1. The normalized spacial score (nSPS) is 10.9. The van der Waals surface area contributed by atoms with Crippen LogP contribution in [0.4, 0.5) is 0 Å². The number of rotatable bonds is 0. The molecule has 0 amide bonds. The summed E-state index contributed by atoms with van der Waals surface area (Å²) < 4.78 is 5.97. The molecule has 2 heterocycles. The molecule has 0 saturated heterocycles.